The van der Waals surface area contributed by atoms with E-state index in [1.807, 2.05) is 0 Å². The molecule has 1 saturated heterocycles. The fourth-order valence-corrected chi connectivity index (χ4v) is 4.24. The molecule has 35 heavy (non-hydrogen) atoms. The summed E-state index contributed by atoms with van der Waals surface area (Å²) in [5.41, 5.74) is -3.03. The van der Waals surface area contributed by atoms with E-state index >= 15 is 0 Å². The van der Waals surface area contributed by atoms with Gasteiger partial charge in [0.25, 0.3) is 0 Å². The zero-order valence-corrected chi connectivity index (χ0v) is 18.0. The van der Waals surface area contributed by atoms with Crippen LogP contribution in [0.4, 0.5) is 0 Å². The molecule has 1 aliphatic rings. The smallest absolute Gasteiger partial charge is 0.344 e. The molecule has 0 bridgehead atoms. The van der Waals surface area contributed by atoms with Gasteiger partial charge in [-0.3, -0.25) is 4.79 Å². The second kappa shape index (κ2) is 7.73. The summed E-state index contributed by atoms with van der Waals surface area (Å²) in [5.74, 6) is -3.43. The highest BCUT2D eigenvalue weighted by Crippen LogP contribution is 2.45. The van der Waals surface area contributed by atoms with Crippen molar-refractivity contribution < 1.29 is 53.4 Å². The van der Waals surface area contributed by atoms with Gasteiger partial charge in [-0.05, 0) is 19.1 Å². The molecule has 0 unspecified atom stereocenters. The zero-order valence-electron chi connectivity index (χ0n) is 18.0. The van der Waals surface area contributed by atoms with Gasteiger partial charge in [0.15, 0.2) is 28.8 Å². The fourth-order valence-electron chi connectivity index (χ4n) is 4.24. The SMILES string of the molecule is CC(=O)O[C@H]1[C@H](O)[C@H](O)[C@@H](Oc2cc3c(=O)oc4c(O)c(O)cc5c(=O)oc(c2O)c3c45)O[C@@H]1C. The van der Waals surface area contributed by atoms with Crippen LogP contribution in [0.1, 0.15) is 13.8 Å². The maximum Gasteiger partial charge on any atom is 0.344 e. The van der Waals surface area contributed by atoms with Gasteiger partial charge in [-0.15, -0.1) is 0 Å². The third kappa shape index (κ3) is 3.31. The number of rotatable bonds is 3. The number of phenolic OH excluding ortho intramolecular Hbond substituents is 3. The van der Waals surface area contributed by atoms with Crippen molar-refractivity contribution in [2.75, 3.05) is 0 Å². The highest BCUT2D eigenvalue weighted by molar-refractivity contribution is 6.22. The topological polar surface area (TPSA) is 206 Å². The number of phenols is 3. The maximum atomic E-state index is 12.7. The van der Waals surface area contributed by atoms with E-state index in [1.54, 1.807) is 0 Å². The monoisotopic (exact) mass is 490 g/mol. The highest BCUT2D eigenvalue weighted by atomic mass is 16.7. The number of aliphatic hydroxyl groups is 2. The Balaban J connectivity index is 1.66. The lowest BCUT2D eigenvalue weighted by molar-refractivity contribution is -0.272. The Morgan fingerprint density at radius 1 is 0.914 bits per heavy atom. The Morgan fingerprint density at radius 3 is 2.09 bits per heavy atom. The lowest BCUT2D eigenvalue weighted by atomic mass is 9.99. The number of hydrogen-bond acceptors (Lipinski definition) is 13. The van der Waals surface area contributed by atoms with Gasteiger partial charge >= 0.3 is 17.2 Å². The summed E-state index contributed by atoms with van der Waals surface area (Å²) in [7, 11) is 0. The minimum absolute atomic E-state index is 0.0785. The van der Waals surface area contributed by atoms with Crippen LogP contribution in [0.5, 0.6) is 23.0 Å². The van der Waals surface area contributed by atoms with E-state index in [9.17, 15) is 39.9 Å². The first-order valence-corrected chi connectivity index (χ1v) is 10.3. The number of aliphatic hydroxyl groups excluding tert-OH is 2. The molecule has 5 atom stereocenters. The second-order valence-electron chi connectivity index (χ2n) is 8.13. The van der Waals surface area contributed by atoms with E-state index in [1.165, 1.54) is 6.92 Å². The summed E-state index contributed by atoms with van der Waals surface area (Å²) < 4.78 is 26.3. The molecule has 1 fully saturated rings. The first-order valence-electron chi connectivity index (χ1n) is 10.3. The molecule has 1 aliphatic heterocycles. The number of esters is 1. The standard InChI is InChI=1S/C22H18O13/c1-5-17(32-6(2)23)15(27)16(28)22(31-5)33-10-4-8-12-11-7(20(29)35-19(12)14(10)26)3-9(24)13(25)18(11)34-21(8)30/h3-5,15-17,22,24-28H,1-2H3/t5-,15-,16+,17-,22-/m1/s1. The number of benzene rings is 2. The quantitative estimate of drug-likeness (QED) is 0.114. The predicted molar refractivity (Wildman–Crippen MR) is 115 cm³/mol. The minimum atomic E-state index is -1.75. The number of hydrogen-bond donors (Lipinski definition) is 5. The number of carbonyl (C=O) groups excluding carboxylic acids is 1. The minimum Gasteiger partial charge on any atom is -0.504 e. The molecule has 5 N–H and O–H groups in total. The third-order valence-corrected chi connectivity index (χ3v) is 5.86. The van der Waals surface area contributed by atoms with Crippen LogP contribution in [0.15, 0.2) is 30.6 Å². The van der Waals surface area contributed by atoms with E-state index in [2.05, 4.69) is 0 Å². The van der Waals surface area contributed by atoms with Crippen molar-refractivity contribution in [2.45, 2.75) is 44.6 Å². The summed E-state index contributed by atoms with van der Waals surface area (Å²) in [5, 5.41) is 51.0. The van der Waals surface area contributed by atoms with Gasteiger partial charge in [0.1, 0.15) is 12.2 Å². The molecule has 5 rings (SSSR count). The maximum absolute atomic E-state index is 12.7. The molecule has 2 aromatic heterocycles. The molecule has 0 spiro atoms. The molecule has 0 saturated carbocycles. The third-order valence-electron chi connectivity index (χ3n) is 5.86. The van der Waals surface area contributed by atoms with Crippen LogP contribution >= 0.6 is 0 Å². The summed E-state index contributed by atoms with van der Waals surface area (Å²) in [4.78, 5) is 36.5. The molecule has 0 aliphatic carbocycles. The van der Waals surface area contributed by atoms with Crippen LogP contribution in [-0.4, -0.2) is 62.2 Å². The fraction of sp³-hybridized carbons (Fsp3) is 0.318. The van der Waals surface area contributed by atoms with Gasteiger partial charge in [-0.1, -0.05) is 0 Å². The summed E-state index contributed by atoms with van der Waals surface area (Å²) in [6.45, 7) is 2.57. The summed E-state index contributed by atoms with van der Waals surface area (Å²) in [6.07, 6.45) is -7.09. The number of ether oxygens (including phenoxy) is 3. The van der Waals surface area contributed by atoms with Gasteiger partial charge in [0.05, 0.1) is 16.9 Å². The Labute approximate surface area is 193 Å². The van der Waals surface area contributed by atoms with Gasteiger partial charge in [-0.25, -0.2) is 9.59 Å². The molecule has 0 amide bonds. The van der Waals surface area contributed by atoms with Gasteiger partial charge in [0, 0.05) is 17.7 Å². The van der Waals surface area contributed by atoms with Gasteiger partial charge < -0.3 is 48.6 Å². The Bertz CT molecular complexity index is 1600. The molecule has 13 nitrogen and oxygen atoms in total. The van der Waals surface area contributed by atoms with Gasteiger partial charge in [-0.2, -0.15) is 0 Å². The van der Waals surface area contributed by atoms with Crippen molar-refractivity contribution in [3.63, 3.8) is 0 Å². The Morgan fingerprint density at radius 2 is 1.49 bits per heavy atom. The molecule has 13 heteroatoms. The Kier molecular flexibility index (Phi) is 5.01. The Hall–Kier alpha value is -4.07. The van der Waals surface area contributed by atoms with Crippen LogP contribution in [0.25, 0.3) is 32.7 Å². The molecule has 0 radical (unpaired) electrons. The van der Waals surface area contributed by atoms with Crippen LogP contribution in [0.2, 0.25) is 0 Å². The van der Waals surface area contributed by atoms with E-state index < -0.39 is 82.1 Å². The highest BCUT2D eigenvalue weighted by Gasteiger charge is 2.46. The van der Waals surface area contributed by atoms with E-state index in [4.69, 9.17) is 23.0 Å². The lowest BCUT2D eigenvalue weighted by Crippen LogP contribution is -2.59. The van der Waals surface area contributed by atoms with Crippen molar-refractivity contribution in [3.8, 4) is 23.0 Å². The van der Waals surface area contributed by atoms with Crippen molar-refractivity contribution in [2.24, 2.45) is 0 Å². The van der Waals surface area contributed by atoms with Crippen LogP contribution < -0.4 is 16.0 Å². The van der Waals surface area contributed by atoms with Gasteiger partial charge in [0.2, 0.25) is 17.8 Å². The van der Waals surface area contributed by atoms with E-state index in [-0.39, 0.29) is 21.5 Å². The van der Waals surface area contributed by atoms with Crippen LogP contribution in [0.3, 0.4) is 0 Å². The van der Waals surface area contributed by atoms with E-state index in [0.29, 0.717) is 0 Å². The van der Waals surface area contributed by atoms with Crippen molar-refractivity contribution in [3.05, 3.63) is 33.0 Å². The molecule has 3 heterocycles. The van der Waals surface area contributed by atoms with Crippen molar-refractivity contribution >= 4 is 38.7 Å². The van der Waals surface area contributed by atoms with Crippen LogP contribution in [-0.2, 0) is 14.3 Å². The zero-order chi connectivity index (χ0) is 25.3. The van der Waals surface area contributed by atoms with Crippen molar-refractivity contribution in [1.29, 1.82) is 0 Å². The second-order valence-corrected chi connectivity index (χ2v) is 8.13. The molecular formula is C22H18O13. The lowest BCUT2D eigenvalue weighted by Gasteiger charge is -2.40. The molecular weight excluding hydrogens is 472 g/mol. The normalized spacial score (nSPS) is 24.9. The average Bonchev–Trinajstić information content (AvgIpc) is 2.79. The largest absolute Gasteiger partial charge is 0.504 e. The molecule has 184 valence electrons. The summed E-state index contributed by atoms with van der Waals surface area (Å²) >= 11 is 0. The van der Waals surface area contributed by atoms with Crippen LogP contribution in [0, 0.1) is 0 Å². The average molecular weight is 490 g/mol. The number of aromatic hydroxyl groups is 3. The van der Waals surface area contributed by atoms with Crippen molar-refractivity contribution in [1.82, 2.24) is 0 Å². The first-order chi connectivity index (χ1) is 16.5. The number of carbonyl (C=O) groups is 1. The first kappa shape index (κ1) is 22.7. The summed E-state index contributed by atoms with van der Waals surface area (Å²) in [6, 6.07) is 1.97. The molecule has 2 aromatic carbocycles. The predicted octanol–water partition coefficient (Wildman–Crippen LogP) is 0.384. The molecule has 4 aromatic rings. The van der Waals surface area contributed by atoms with E-state index in [0.717, 1.165) is 19.1 Å².